The molecule has 1 aliphatic rings. The van der Waals surface area contributed by atoms with Gasteiger partial charge in [0.25, 0.3) is 5.91 Å². The lowest BCUT2D eigenvalue weighted by Gasteiger charge is -2.28. The van der Waals surface area contributed by atoms with Crippen molar-refractivity contribution in [2.24, 2.45) is 0 Å². The topological polar surface area (TPSA) is 49.3 Å². The van der Waals surface area contributed by atoms with Crippen LogP contribution in [0.4, 0.5) is 0 Å². The molecule has 0 saturated heterocycles. The third kappa shape index (κ3) is 3.05. The number of halogens is 2. The summed E-state index contributed by atoms with van der Waals surface area (Å²) in [6.07, 6.45) is 3.74. The highest BCUT2D eigenvalue weighted by molar-refractivity contribution is 9.10. The molecule has 0 atom stereocenters. The number of aliphatic hydroxyl groups excluding tert-OH is 1. The fraction of sp³-hybridized carbons (Fsp3) is 0.462. The predicted molar refractivity (Wildman–Crippen MR) is 74.9 cm³/mol. The first kappa shape index (κ1) is 13.8. The fourth-order valence-corrected chi connectivity index (χ4v) is 3.23. The van der Waals surface area contributed by atoms with Gasteiger partial charge in [-0.15, -0.1) is 0 Å². The van der Waals surface area contributed by atoms with Crippen LogP contribution in [0.3, 0.4) is 0 Å². The van der Waals surface area contributed by atoms with Gasteiger partial charge in [-0.05, 0) is 31.0 Å². The van der Waals surface area contributed by atoms with Crippen LogP contribution in [0.5, 0.6) is 0 Å². The standard InChI is InChI=1S/C13H15BrClNO2/c14-10-5-9(6-11(15)7-10)12(18)16-13(8-17)3-1-2-4-13/h5-7,17H,1-4,8H2,(H,16,18). The van der Waals surface area contributed by atoms with E-state index in [9.17, 15) is 9.90 Å². The number of nitrogens with one attached hydrogen (secondary N) is 1. The summed E-state index contributed by atoms with van der Waals surface area (Å²) in [6, 6.07) is 5.08. The number of carbonyl (C=O) groups is 1. The Hall–Kier alpha value is -0.580. The van der Waals surface area contributed by atoms with Gasteiger partial charge in [-0.2, -0.15) is 0 Å². The second-order valence-corrected chi connectivity index (χ2v) is 6.11. The van der Waals surface area contributed by atoms with Crippen molar-refractivity contribution in [3.8, 4) is 0 Å². The van der Waals surface area contributed by atoms with Crippen LogP contribution >= 0.6 is 27.5 Å². The smallest absolute Gasteiger partial charge is 0.251 e. The molecule has 1 aromatic carbocycles. The Kier molecular flexibility index (Phi) is 4.30. The van der Waals surface area contributed by atoms with Gasteiger partial charge in [0.1, 0.15) is 0 Å². The van der Waals surface area contributed by atoms with Crippen molar-refractivity contribution in [3.05, 3.63) is 33.3 Å². The molecule has 0 bridgehead atoms. The van der Waals surface area contributed by atoms with Crippen molar-refractivity contribution in [3.63, 3.8) is 0 Å². The van der Waals surface area contributed by atoms with E-state index in [0.717, 1.165) is 30.2 Å². The zero-order chi connectivity index (χ0) is 13.2. The van der Waals surface area contributed by atoms with E-state index >= 15 is 0 Å². The molecule has 0 aliphatic heterocycles. The molecule has 0 spiro atoms. The van der Waals surface area contributed by atoms with Crippen molar-refractivity contribution >= 4 is 33.4 Å². The minimum Gasteiger partial charge on any atom is -0.394 e. The number of rotatable bonds is 3. The Labute approximate surface area is 120 Å². The molecule has 0 radical (unpaired) electrons. The molecule has 1 aliphatic carbocycles. The first-order chi connectivity index (χ1) is 8.54. The van der Waals surface area contributed by atoms with Crippen molar-refractivity contribution in [2.45, 2.75) is 31.2 Å². The van der Waals surface area contributed by atoms with Crippen molar-refractivity contribution in [2.75, 3.05) is 6.61 Å². The summed E-state index contributed by atoms with van der Waals surface area (Å²) in [5, 5.41) is 12.9. The molecule has 0 heterocycles. The quantitative estimate of drug-likeness (QED) is 0.893. The SMILES string of the molecule is O=C(NC1(CO)CCCC1)c1cc(Cl)cc(Br)c1. The van der Waals surface area contributed by atoms with Crippen molar-refractivity contribution < 1.29 is 9.90 Å². The molecule has 0 aromatic heterocycles. The second-order valence-electron chi connectivity index (χ2n) is 4.76. The highest BCUT2D eigenvalue weighted by atomic mass is 79.9. The van der Waals surface area contributed by atoms with E-state index in [1.165, 1.54) is 0 Å². The van der Waals surface area contributed by atoms with Gasteiger partial charge in [-0.3, -0.25) is 4.79 Å². The summed E-state index contributed by atoms with van der Waals surface area (Å²) >= 11 is 9.23. The van der Waals surface area contributed by atoms with E-state index in [4.69, 9.17) is 11.6 Å². The minimum absolute atomic E-state index is 0.0134. The Morgan fingerprint density at radius 3 is 2.61 bits per heavy atom. The maximum atomic E-state index is 12.2. The summed E-state index contributed by atoms with van der Waals surface area (Å²) in [5.41, 5.74) is 0.0559. The van der Waals surface area contributed by atoms with E-state index in [0.29, 0.717) is 10.6 Å². The van der Waals surface area contributed by atoms with Crippen LogP contribution in [-0.4, -0.2) is 23.2 Å². The van der Waals surface area contributed by atoms with Crippen LogP contribution in [-0.2, 0) is 0 Å². The minimum atomic E-state index is -0.453. The highest BCUT2D eigenvalue weighted by Crippen LogP contribution is 2.29. The molecule has 3 nitrogen and oxygen atoms in total. The molecule has 0 unspecified atom stereocenters. The van der Waals surface area contributed by atoms with Gasteiger partial charge in [0.2, 0.25) is 0 Å². The van der Waals surface area contributed by atoms with E-state index in [-0.39, 0.29) is 12.5 Å². The molecule has 1 fully saturated rings. The number of amides is 1. The van der Waals surface area contributed by atoms with E-state index < -0.39 is 5.54 Å². The largest absolute Gasteiger partial charge is 0.394 e. The van der Waals surface area contributed by atoms with Crippen molar-refractivity contribution in [1.29, 1.82) is 0 Å². The van der Waals surface area contributed by atoms with Crippen LogP contribution in [0, 0.1) is 0 Å². The first-order valence-electron chi connectivity index (χ1n) is 5.94. The molecule has 5 heteroatoms. The first-order valence-corrected chi connectivity index (χ1v) is 7.11. The van der Waals surface area contributed by atoms with Crippen molar-refractivity contribution in [1.82, 2.24) is 5.32 Å². The van der Waals surface area contributed by atoms with Crippen LogP contribution in [0.25, 0.3) is 0 Å². The molecule has 2 rings (SSSR count). The Morgan fingerprint density at radius 2 is 2.06 bits per heavy atom. The monoisotopic (exact) mass is 331 g/mol. The third-order valence-electron chi connectivity index (χ3n) is 3.37. The molecule has 18 heavy (non-hydrogen) atoms. The van der Waals surface area contributed by atoms with Gasteiger partial charge in [0.05, 0.1) is 12.1 Å². The Balaban J connectivity index is 2.16. The molecular weight excluding hydrogens is 318 g/mol. The molecule has 2 N–H and O–H groups in total. The average Bonchev–Trinajstić information content (AvgIpc) is 2.77. The van der Waals surface area contributed by atoms with Crippen LogP contribution < -0.4 is 5.32 Å². The lowest BCUT2D eigenvalue weighted by Crippen LogP contribution is -2.49. The van der Waals surface area contributed by atoms with E-state index in [2.05, 4.69) is 21.2 Å². The zero-order valence-electron chi connectivity index (χ0n) is 9.88. The van der Waals surface area contributed by atoms with Gasteiger partial charge in [-0.1, -0.05) is 40.4 Å². The van der Waals surface area contributed by atoms with Gasteiger partial charge in [-0.25, -0.2) is 0 Å². The van der Waals surface area contributed by atoms with E-state index in [1.54, 1.807) is 18.2 Å². The molecule has 1 saturated carbocycles. The van der Waals surface area contributed by atoms with Gasteiger partial charge >= 0.3 is 0 Å². The third-order valence-corrected chi connectivity index (χ3v) is 4.04. The predicted octanol–water partition coefficient (Wildman–Crippen LogP) is 3.14. The highest BCUT2D eigenvalue weighted by Gasteiger charge is 2.34. The van der Waals surface area contributed by atoms with Gasteiger partial charge in [0, 0.05) is 15.1 Å². The normalized spacial score (nSPS) is 17.7. The summed E-state index contributed by atoms with van der Waals surface area (Å²) in [7, 11) is 0. The van der Waals surface area contributed by atoms with Crippen LogP contribution in [0.15, 0.2) is 22.7 Å². The number of hydrogen-bond acceptors (Lipinski definition) is 2. The second kappa shape index (κ2) is 5.59. The lowest BCUT2D eigenvalue weighted by atomic mass is 9.98. The molecule has 98 valence electrons. The van der Waals surface area contributed by atoms with Gasteiger partial charge < -0.3 is 10.4 Å². The summed E-state index contributed by atoms with van der Waals surface area (Å²) in [6.45, 7) is -0.0134. The van der Waals surface area contributed by atoms with Crippen LogP contribution in [0.1, 0.15) is 36.0 Å². The number of benzene rings is 1. The molecule has 1 aromatic rings. The number of carbonyl (C=O) groups excluding carboxylic acids is 1. The van der Waals surface area contributed by atoms with E-state index in [1.807, 2.05) is 0 Å². The molecule has 1 amide bonds. The summed E-state index contributed by atoms with van der Waals surface area (Å²) in [5.74, 6) is -0.186. The number of hydrogen-bond donors (Lipinski definition) is 2. The lowest BCUT2D eigenvalue weighted by molar-refractivity contribution is 0.0838. The van der Waals surface area contributed by atoms with Gasteiger partial charge in [0.15, 0.2) is 0 Å². The summed E-state index contributed by atoms with van der Waals surface area (Å²) in [4.78, 5) is 12.2. The van der Waals surface area contributed by atoms with Crippen LogP contribution in [0.2, 0.25) is 5.02 Å². The fourth-order valence-electron chi connectivity index (χ4n) is 2.37. The maximum absolute atomic E-state index is 12.2. The average molecular weight is 333 g/mol. The molecular formula is C13H15BrClNO2. The Bertz CT molecular complexity index is 438. The maximum Gasteiger partial charge on any atom is 0.251 e. The number of aliphatic hydroxyl groups is 1. The summed E-state index contributed by atoms with van der Waals surface area (Å²) < 4.78 is 0.768. The zero-order valence-corrected chi connectivity index (χ0v) is 12.2. The Morgan fingerprint density at radius 1 is 1.39 bits per heavy atom.